The molecule has 2 aromatic rings. The van der Waals surface area contributed by atoms with Crippen LogP contribution in [0.5, 0.6) is 0 Å². The highest BCUT2D eigenvalue weighted by Gasteiger charge is 2.42. The molecule has 0 saturated carbocycles. The van der Waals surface area contributed by atoms with Gasteiger partial charge in [0.2, 0.25) is 5.91 Å². The highest BCUT2D eigenvalue weighted by molar-refractivity contribution is 5.75. The Balaban J connectivity index is 1.72. The van der Waals surface area contributed by atoms with Gasteiger partial charge >= 0.3 is 0 Å². The first kappa shape index (κ1) is 12.8. The average Bonchev–Trinajstić information content (AvgIpc) is 2.92. The second-order valence-electron chi connectivity index (χ2n) is 6.33. The molecule has 110 valence electrons. The van der Waals surface area contributed by atoms with Gasteiger partial charge in [0.1, 0.15) is 11.3 Å². The fraction of sp³-hybridized carbons (Fsp3) is 0.562. The minimum absolute atomic E-state index is 0.234. The van der Waals surface area contributed by atoms with E-state index < -0.39 is 0 Å². The number of pyridine rings is 1. The number of nitrogens with zero attached hydrogens (tertiary/aromatic N) is 4. The summed E-state index contributed by atoms with van der Waals surface area (Å²) in [4.78, 5) is 22.7. The molecule has 0 spiro atoms. The minimum Gasteiger partial charge on any atom is -0.337 e. The van der Waals surface area contributed by atoms with E-state index >= 15 is 0 Å². The van der Waals surface area contributed by atoms with E-state index in [4.69, 9.17) is 0 Å². The summed E-state index contributed by atoms with van der Waals surface area (Å²) >= 11 is 0. The molecular formula is C16H20N4O. The average molecular weight is 284 g/mol. The molecule has 2 aromatic heterocycles. The molecule has 0 unspecified atom stereocenters. The number of aromatic nitrogens is 3. The van der Waals surface area contributed by atoms with Gasteiger partial charge in [-0.05, 0) is 38.7 Å². The molecule has 5 nitrogen and oxygen atoms in total. The van der Waals surface area contributed by atoms with Gasteiger partial charge in [0.25, 0.3) is 0 Å². The number of fused-ring (bicyclic) bond motifs is 3. The van der Waals surface area contributed by atoms with Crippen molar-refractivity contribution in [3.63, 3.8) is 0 Å². The van der Waals surface area contributed by atoms with Crippen molar-refractivity contribution in [3.05, 3.63) is 24.3 Å². The molecule has 0 aromatic carbocycles. The first-order chi connectivity index (χ1) is 10.1. The van der Waals surface area contributed by atoms with Crippen LogP contribution < -0.4 is 0 Å². The van der Waals surface area contributed by atoms with Crippen molar-refractivity contribution in [2.75, 3.05) is 0 Å². The molecule has 2 saturated heterocycles. The van der Waals surface area contributed by atoms with Gasteiger partial charge in [-0.3, -0.25) is 9.78 Å². The first-order valence-electron chi connectivity index (χ1n) is 7.72. The normalized spacial score (nSPS) is 28.3. The molecule has 4 heterocycles. The van der Waals surface area contributed by atoms with Crippen molar-refractivity contribution >= 4 is 16.9 Å². The van der Waals surface area contributed by atoms with Crippen molar-refractivity contribution in [1.82, 2.24) is 19.4 Å². The second kappa shape index (κ2) is 4.55. The summed E-state index contributed by atoms with van der Waals surface area (Å²) in [6.45, 7) is 3.77. The third-order valence-corrected chi connectivity index (χ3v) is 5.11. The fourth-order valence-corrected chi connectivity index (χ4v) is 4.41. The summed E-state index contributed by atoms with van der Waals surface area (Å²) in [5, 5.41) is 0. The van der Waals surface area contributed by atoms with Crippen LogP contribution in [0.3, 0.4) is 0 Å². The summed E-state index contributed by atoms with van der Waals surface area (Å²) in [6, 6.07) is 3.31. The van der Waals surface area contributed by atoms with Crippen molar-refractivity contribution < 1.29 is 4.79 Å². The molecule has 4 rings (SSSR count). The largest absolute Gasteiger partial charge is 0.337 e. The summed E-state index contributed by atoms with van der Waals surface area (Å²) in [5.74, 6) is 1.29. The van der Waals surface area contributed by atoms with E-state index in [-0.39, 0.29) is 5.91 Å². The van der Waals surface area contributed by atoms with Crippen molar-refractivity contribution in [2.24, 2.45) is 0 Å². The molecule has 5 heteroatoms. The topological polar surface area (TPSA) is 51.0 Å². The molecule has 3 atom stereocenters. The number of piperidine rings is 1. The van der Waals surface area contributed by atoms with E-state index in [2.05, 4.69) is 32.4 Å². The molecule has 21 heavy (non-hydrogen) atoms. The van der Waals surface area contributed by atoms with Crippen molar-refractivity contribution in [2.45, 2.75) is 57.7 Å². The van der Waals surface area contributed by atoms with Gasteiger partial charge in [-0.1, -0.05) is 0 Å². The molecule has 0 radical (unpaired) electrons. The van der Waals surface area contributed by atoms with E-state index in [1.807, 2.05) is 12.4 Å². The zero-order chi connectivity index (χ0) is 14.6. The SMILES string of the molecule is CC(=O)N1[C@@H]2CC[C@H]1C[C@@H](n1c(C)nc3cnccc31)C2. The van der Waals surface area contributed by atoms with Gasteiger partial charge in [0.15, 0.2) is 0 Å². The van der Waals surface area contributed by atoms with Crippen LogP contribution in [0, 0.1) is 6.92 Å². The van der Waals surface area contributed by atoms with Crippen LogP contribution in [-0.4, -0.2) is 37.4 Å². The van der Waals surface area contributed by atoms with Gasteiger partial charge in [0, 0.05) is 31.2 Å². The van der Waals surface area contributed by atoms with Gasteiger partial charge in [-0.15, -0.1) is 0 Å². The van der Waals surface area contributed by atoms with Gasteiger partial charge < -0.3 is 9.47 Å². The first-order valence-corrected chi connectivity index (χ1v) is 7.72. The van der Waals surface area contributed by atoms with Crippen LogP contribution in [0.15, 0.2) is 18.5 Å². The van der Waals surface area contributed by atoms with Crippen molar-refractivity contribution in [3.8, 4) is 0 Å². The Bertz CT molecular complexity index is 693. The lowest BCUT2D eigenvalue weighted by Crippen LogP contribution is -2.46. The Kier molecular flexibility index (Phi) is 2.77. The highest BCUT2D eigenvalue weighted by atomic mass is 16.2. The number of carbonyl (C=O) groups excluding carboxylic acids is 1. The van der Waals surface area contributed by atoms with Crippen LogP contribution in [-0.2, 0) is 4.79 Å². The Morgan fingerprint density at radius 3 is 2.62 bits per heavy atom. The molecule has 2 bridgehead atoms. The van der Waals surface area contributed by atoms with E-state index in [0.717, 1.165) is 37.0 Å². The van der Waals surface area contributed by atoms with Crippen LogP contribution in [0.4, 0.5) is 0 Å². The maximum atomic E-state index is 11.8. The number of rotatable bonds is 1. The lowest BCUT2D eigenvalue weighted by Gasteiger charge is -2.39. The number of imidazole rings is 1. The summed E-state index contributed by atoms with van der Waals surface area (Å²) in [5.41, 5.74) is 2.14. The van der Waals surface area contributed by atoms with Crippen LogP contribution in [0.2, 0.25) is 0 Å². The number of hydrogen-bond acceptors (Lipinski definition) is 3. The van der Waals surface area contributed by atoms with E-state index in [9.17, 15) is 4.79 Å². The lowest BCUT2D eigenvalue weighted by molar-refractivity contribution is -0.133. The van der Waals surface area contributed by atoms with Gasteiger partial charge in [-0.2, -0.15) is 0 Å². The van der Waals surface area contributed by atoms with Crippen LogP contribution in [0.1, 0.15) is 44.5 Å². The molecule has 0 N–H and O–H groups in total. The minimum atomic E-state index is 0.234. The zero-order valence-corrected chi connectivity index (χ0v) is 12.5. The number of carbonyl (C=O) groups is 1. The number of hydrogen-bond donors (Lipinski definition) is 0. The van der Waals surface area contributed by atoms with E-state index in [1.165, 1.54) is 5.52 Å². The summed E-state index contributed by atoms with van der Waals surface area (Å²) in [6.07, 6.45) is 8.05. The quantitative estimate of drug-likeness (QED) is 0.808. The molecule has 2 aliphatic rings. The predicted molar refractivity (Wildman–Crippen MR) is 79.9 cm³/mol. The predicted octanol–water partition coefficient (Wildman–Crippen LogP) is 2.45. The maximum absolute atomic E-state index is 11.8. The fourth-order valence-electron chi connectivity index (χ4n) is 4.41. The van der Waals surface area contributed by atoms with Gasteiger partial charge in [-0.25, -0.2) is 4.98 Å². The monoisotopic (exact) mass is 284 g/mol. The molecule has 2 fully saturated rings. The summed E-state index contributed by atoms with van der Waals surface area (Å²) in [7, 11) is 0. The molecule has 1 amide bonds. The van der Waals surface area contributed by atoms with Crippen LogP contribution >= 0.6 is 0 Å². The third kappa shape index (κ3) is 1.87. The number of aryl methyl sites for hydroxylation is 1. The third-order valence-electron chi connectivity index (χ3n) is 5.11. The standard InChI is InChI=1S/C16H20N4O/c1-10-18-15-9-17-6-5-16(15)19(10)14-7-12-3-4-13(8-14)20(12)11(2)21/h5-6,9,12-14H,3-4,7-8H2,1-2H3/t12-,13+,14+. The molecule has 2 aliphatic heterocycles. The van der Waals surface area contributed by atoms with Gasteiger partial charge in [0.05, 0.1) is 11.7 Å². The Hall–Kier alpha value is -1.91. The lowest BCUT2D eigenvalue weighted by atomic mass is 9.96. The molecular weight excluding hydrogens is 264 g/mol. The number of amides is 1. The Morgan fingerprint density at radius 1 is 1.24 bits per heavy atom. The zero-order valence-electron chi connectivity index (χ0n) is 12.5. The van der Waals surface area contributed by atoms with Crippen LogP contribution in [0.25, 0.3) is 11.0 Å². The van der Waals surface area contributed by atoms with Crippen molar-refractivity contribution in [1.29, 1.82) is 0 Å². The van der Waals surface area contributed by atoms with E-state index in [0.29, 0.717) is 18.1 Å². The highest BCUT2D eigenvalue weighted by Crippen LogP contribution is 2.42. The Labute approximate surface area is 124 Å². The second-order valence-corrected chi connectivity index (χ2v) is 6.33. The molecule has 0 aliphatic carbocycles. The maximum Gasteiger partial charge on any atom is 0.219 e. The smallest absolute Gasteiger partial charge is 0.219 e. The van der Waals surface area contributed by atoms with E-state index in [1.54, 1.807) is 6.92 Å². The Morgan fingerprint density at radius 2 is 1.95 bits per heavy atom. The summed E-state index contributed by atoms with van der Waals surface area (Å²) < 4.78 is 2.36.